The lowest BCUT2D eigenvalue weighted by Crippen LogP contribution is -2.45. The molecule has 2 heteroatoms. The van der Waals surface area contributed by atoms with Crippen molar-refractivity contribution < 1.29 is 4.74 Å². The lowest BCUT2D eigenvalue weighted by Gasteiger charge is -2.35. The topological polar surface area (TPSA) is 12.5 Å². The van der Waals surface area contributed by atoms with Crippen molar-refractivity contribution in [3.05, 3.63) is 35.9 Å². The van der Waals surface area contributed by atoms with E-state index in [4.69, 9.17) is 4.74 Å². The number of benzene rings is 1. The molecule has 1 saturated heterocycles. The van der Waals surface area contributed by atoms with Crippen molar-refractivity contribution in [3.8, 4) is 0 Å². The van der Waals surface area contributed by atoms with E-state index in [1.807, 2.05) is 0 Å². The summed E-state index contributed by atoms with van der Waals surface area (Å²) in [6.07, 6.45) is 5.31. The standard InChI is InChI=1S/C15H21NO/c1-2-4-14(5-3-1)6-7-15(8-9-15)16-10-12-17-13-11-16/h1-5H,6-13H2. The number of hydrogen-bond acceptors (Lipinski definition) is 2. The fourth-order valence-electron chi connectivity index (χ4n) is 2.93. The van der Waals surface area contributed by atoms with Gasteiger partial charge in [0.25, 0.3) is 0 Å². The van der Waals surface area contributed by atoms with Crippen molar-refractivity contribution in [2.75, 3.05) is 26.3 Å². The molecule has 1 heterocycles. The molecule has 1 aromatic carbocycles. The van der Waals surface area contributed by atoms with E-state index in [-0.39, 0.29) is 0 Å². The van der Waals surface area contributed by atoms with Crippen molar-refractivity contribution >= 4 is 0 Å². The van der Waals surface area contributed by atoms with Crippen LogP contribution in [0.15, 0.2) is 30.3 Å². The number of rotatable bonds is 4. The van der Waals surface area contributed by atoms with Crippen molar-refractivity contribution in [2.24, 2.45) is 0 Å². The molecular weight excluding hydrogens is 210 g/mol. The van der Waals surface area contributed by atoms with Crippen molar-refractivity contribution in [3.63, 3.8) is 0 Å². The van der Waals surface area contributed by atoms with Gasteiger partial charge in [0, 0.05) is 18.6 Å². The largest absolute Gasteiger partial charge is 0.379 e. The molecule has 0 bridgehead atoms. The quantitative estimate of drug-likeness (QED) is 0.789. The van der Waals surface area contributed by atoms with Crippen LogP contribution in [0.5, 0.6) is 0 Å². The highest BCUT2D eigenvalue weighted by Gasteiger charge is 2.47. The van der Waals surface area contributed by atoms with Crippen LogP contribution in [0.4, 0.5) is 0 Å². The smallest absolute Gasteiger partial charge is 0.0594 e. The molecule has 0 amide bonds. The third kappa shape index (κ3) is 2.53. The number of ether oxygens (including phenoxy) is 1. The Morgan fingerprint density at radius 2 is 1.76 bits per heavy atom. The third-order valence-electron chi connectivity index (χ3n) is 4.23. The van der Waals surface area contributed by atoms with E-state index in [1.165, 1.54) is 31.2 Å². The summed E-state index contributed by atoms with van der Waals surface area (Å²) in [5.41, 5.74) is 2.01. The Labute approximate surface area is 104 Å². The molecule has 0 atom stereocenters. The van der Waals surface area contributed by atoms with E-state index in [0.29, 0.717) is 5.54 Å². The zero-order valence-electron chi connectivity index (χ0n) is 10.4. The fraction of sp³-hybridized carbons (Fsp3) is 0.600. The van der Waals surface area contributed by atoms with Crippen LogP contribution >= 0.6 is 0 Å². The highest BCUT2D eigenvalue weighted by molar-refractivity contribution is 5.16. The average Bonchev–Trinajstić information content (AvgIpc) is 3.20. The summed E-state index contributed by atoms with van der Waals surface area (Å²) >= 11 is 0. The zero-order chi connectivity index (χ0) is 11.6. The molecule has 2 nitrogen and oxygen atoms in total. The Bertz CT molecular complexity index is 352. The highest BCUT2D eigenvalue weighted by Crippen LogP contribution is 2.45. The molecule has 0 N–H and O–H groups in total. The van der Waals surface area contributed by atoms with Crippen LogP contribution in [-0.2, 0) is 11.2 Å². The van der Waals surface area contributed by atoms with Crippen LogP contribution in [0, 0.1) is 0 Å². The van der Waals surface area contributed by atoms with E-state index in [1.54, 1.807) is 0 Å². The maximum absolute atomic E-state index is 5.44. The molecule has 0 unspecified atom stereocenters. The van der Waals surface area contributed by atoms with Gasteiger partial charge in [-0.3, -0.25) is 4.90 Å². The number of morpholine rings is 1. The first-order valence-electron chi connectivity index (χ1n) is 6.76. The molecule has 1 saturated carbocycles. The Morgan fingerprint density at radius 3 is 2.41 bits per heavy atom. The molecular formula is C15H21NO. The van der Waals surface area contributed by atoms with Crippen LogP contribution in [0.3, 0.4) is 0 Å². The summed E-state index contributed by atoms with van der Waals surface area (Å²) in [7, 11) is 0. The number of aryl methyl sites for hydroxylation is 1. The SMILES string of the molecule is c1ccc(CCC2(N3CCOCC3)CC2)cc1. The molecule has 0 radical (unpaired) electrons. The summed E-state index contributed by atoms with van der Waals surface area (Å²) in [5.74, 6) is 0. The van der Waals surface area contributed by atoms with Crippen molar-refractivity contribution in [1.29, 1.82) is 0 Å². The van der Waals surface area contributed by atoms with E-state index < -0.39 is 0 Å². The molecule has 1 aliphatic heterocycles. The summed E-state index contributed by atoms with van der Waals surface area (Å²) in [5, 5.41) is 0. The summed E-state index contributed by atoms with van der Waals surface area (Å²) in [6.45, 7) is 4.11. The third-order valence-corrected chi connectivity index (χ3v) is 4.23. The molecule has 3 rings (SSSR count). The van der Waals surface area contributed by atoms with Crippen LogP contribution < -0.4 is 0 Å². The summed E-state index contributed by atoms with van der Waals surface area (Å²) < 4.78 is 5.44. The van der Waals surface area contributed by atoms with Crippen molar-refractivity contribution in [2.45, 2.75) is 31.2 Å². The van der Waals surface area contributed by atoms with Gasteiger partial charge in [-0.05, 0) is 31.2 Å². The van der Waals surface area contributed by atoms with Crippen molar-refractivity contribution in [1.82, 2.24) is 4.90 Å². The minimum atomic E-state index is 0.527. The van der Waals surface area contributed by atoms with Gasteiger partial charge in [0.15, 0.2) is 0 Å². The lowest BCUT2D eigenvalue weighted by atomic mass is 10.0. The minimum absolute atomic E-state index is 0.527. The second kappa shape index (κ2) is 4.79. The minimum Gasteiger partial charge on any atom is -0.379 e. The number of nitrogens with zero attached hydrogens (tertiary/aromatic N) is 1. The maximum Gasteiger partial charge on any atom is 0.0594 e. The van der Waals surface area contributed by atoms with Crippen LogP contribution in [0.1, 0.15) is 24.8 Å². The molecule has 1 aliphatic carbocycles. The molecule has 17 heavy (non-hydrogen) atoms. The Morgan fingerprint density at radius 1 is 1.06 bits per heavy atom. The van der Waals surface area contributed by atoms with Gasteiger partial charge in [-0.1, -0.05) is 30.3 Å². The summed E-state index contributed by atoms with van der Waals surface area (Å²) in [6, 6.07) is 10.9. The lowest BCUT2D eigenvalue weighted by molar-refractivity contribution is 0.00748. The monoisotopic (exact) mass is 231 g/mol. The highest BCUT2D eigenvalue weighted by atomic mass is 16.5. The van der Waals surface area contributed by atoms with E-state index in [0.717, 1.165) is 26.3 Å². The van der Waals surface area contributed by atoms with E-state index in [9.17, 15) is 0 Å². The van der Waals surface area contributed by atoms with E-state index >= 15 is 0 Å². The van der Waals surface area contributed by atoms with Crippen LogP contribution in [-0.4, -0.2) is 36.7 Å². The molecule has 0 spiro atoms. The second-order valence-electron chi connectivity index (χ2n) is 5.31. The van der Waals surface area contributed by atoms with Gasteiger partial charge in [-0.25, -0.2) is 0 Å². The van der Waals surface area contributed by atoms with Gasteiger partial charge in [-0.15, -0.1) is 0 Å². The zero-order valence-corrected chi connectivity index (χ0v) is 10.4. The van der Waals surface area contributed by atoms with Gasteiger partial charge in [0.2, 0.25) is 0 Å². The normalized spacial score (nSPS) is 23.5. The molecule has 1 aromatic rings. The van der Waals surface area contributed by atoms with Gasteiger partial charge >= 0.3 is 0 Å². The average molecular weight is 231 g/mol. The van der Waals surface area contributed by atoms with Gasteiger partial charge in [0.1, 0.15) is 0 Å². The first-order valence-corrected chi connectivity index (χ1v) is 6.76. The maximum atomic E-state index is 5.44. The molecule has 92 valence electrons. The van der Waals surface area contributed by atoms with Gasteiger partial charge in [-0.2, -0.15) is 0 Å². The molecule has 2 fully saturated rings. The first kappa shape index (κ1) is 11.2. The van der Waals surface area contributed by atoms with E-state index in [2.05, 4.69) is 35.2 Å². The Balaban J connectivity index is 1.57. The predicted molar refractivity (Wildman–Crippen MR) is 69.1 cm³/mol. The molecule has 2 aliphatic rings. The Hall–Kier alpha value is -0.860. The van der Waals surface area contributed by atoms with Crippen LogP contribution in [0.25, 0.3) is 0 Å². The molecule has 0 aromatic heterocycles. The van der Waals surface area contributed by atoms with Gasteiger partial charge < -0.3 is 4.74 Å². The predicted octanol–water partition coefficient (Wildman–Crippen LogP) is 2.48. The summed E-state index contributed by atoms with van der Waals surface area (Å²) in [4.78, 5) is 2.67. The second-order valence-corrected chi connectivity index (χ2v) is 5.31. The number of hydrogen-bond donors (Lipinski definition) is 0. The Kier molecular flexibility index (Phi) is 3.17. The van der Waals surface area contributed by atoms with Crippen LogP contribution in [0.2, 0.25) is 0 Å². The van der Waals surface area contributed by atoms with Gasteiger partial charge in [0.05, 0.1) is 13.2 Å². The first-order chi connectivity index (χ1) is 8.39. The fourth-order valence-corrected chi connectivity index (χ4v) is 2.93.